The van der Waals surface area contributed by atoms with Gasteiger partial charge in [0, 0.05) is 24.3 Å². The number of carbonyl (C=O) groups is 1. The maximum absolute atomic E-state index is 13.2. The summed E-state index contributed by atoms with van der Waals surface area (Å²) in [6, 6.07) is 3.16. The summed E-state index contributed by atoms with van der Waals surface area (Å²) in [5.41, 5.74) is 0.838. The van der Waals surface area contributed by atoms with Crippen molar-refractivity contribution in [1.82, 2.24) is 9.55 Å². The van der Waals surface area contributed by atoms with E-state index in [4.69, 9.17) is 5.11 Å². The summed E-state index contributed by atoms with van der Waals surface area (Å²) in [5, 5.41) is 9.79. The molecule has 2 aromatic rings. The van der Waals surface area contributed by atoms with E-state index in [1.165, 1.54) is 17.8 Å². The fourth-order valence-corrected chi connectivity index (χ4v) is 2.90. The molecule has 0 fully saturated rings. The van der Waals surface area contributed by atoms with Crippen molar-refractivity contribution < 1.29 is 18.7 Å². The average molecular weight is 326 g/mol. The van der Waals surface area contributed by atoms with Gasteiger partial charge in [0.15, 0.2) is 22.6 Å². The summed E-state index contributed by atoms with van der Waals surface area (Å²) in [7, 11) is 1.78. The molecule has 0 bridgehead atoms. The van der Waals surface area contributed by atoms with Gasteiger partial charge in [-0.25, -0.2) is 13.8 Å². The summed E-state index contributed by atoms with van der Waals surface area (Å²) in [5.74, 6) is -2.16. The first kappa shape index (κ1) is 16.6. The second-order valence-electron chi connectivity index (χ2n) is 4.95. The lowest BCUT2D eigenvalue weighted by atomic mass is 10.0. The Morgan fingerprint density at radius 3 is 2.73 bits per heavy atom. The van der Waals surface area contributed by atoms with Gasteiger partial charge in [-0.1, -0.05) is 18.7 Å². The molecule has 0 spiro atoms. The number of aliphatic hydroxyl groups excluding tert-OH is 1. The molecule has 118 valence electrons. The van der Waals surface area contributed by atoms with E-state index in [9.17, 15) is 13.6 Å². The monoisotopic (exact) mass is 326 g/mol. The maximum atomic E-state index is 13.2. The Morgan fingerprint density at radius 2 is 2.14 bits per heavy atom. The molecule has 4 nitrogen and oxygen atoms in total. The van der Waals surface area contributed by atoms with Crippen LogP contribution in [-0.2, 0) is 13.7 Å². The number of Topliss-reactive ketones (excluding diaryl/α,β-unsaturated/α-hetero) is 1. The third kappa shape index (κ3) is 3.53. The van der Waals surface area contributed by atoms with E-state index in [1.807, 2.05) is 0 Å². The second-order valence-corrected chi connectivity index (χ2v) is 5.94. The van der Waals surface area contributed by atoms with E-state index < -0.39 is 11.6 Å². The summed E-state index contributed by atoms with van der Waals surface area (Å²) >= 11 is 1.37. The number of imidazole rings is 1. The van der Waals surface area contributed by atoms with Crippen LogP contribution in [0.3, 0.4) is 0 Å². The Bertz CT molecular complexity index is 688. The first-order valence-corrected chi connectivity index (χ1v) is 7.66. The number of aliphatic hydroxyl groups is 1. The Hall–Kier alpha value is -1.73. The number of hydrogen-bond acceptors (Lipinski definition) is 4. The largest absolute Gasteiger partial charge is 0.390 e. The van der Waals surface area contributed by atoms with Gasteiger partial charge in [0.05, 0.1) is 18.5 Å². The molecule has 1 aromatic heterocycles. The summed E-state index contributed by atoms with van der Waals surface area (Å²) in [6.45, 7) is 1.62. The van der Waals surface area contributed by atoms with E-state index in [1.54, 1.807) is 24.7 Å². The van der Waals surface area contributed by atoms with Gasteiger partial charge >= 0.3 is 0 Å². The molecule has 22 heavy (non-hydrogen) atoms. The molecule has 7 heteroatoms. The molecular weight excluding hydrogens is 310 g/mol. The van der Waals surface area contributed by atoms with Crippen molar-refractivity contribution >= 4 is 17.5 Å². The van der Waals surface area contributed by atoms with Gasteiger partial charge in [0.2, 0.25) is 0 Å². The fraction of sp³-hybridized carbons (Fsp3) is 0.333. The van der Waals surface area contributed by atoms with Gasteiger partial charge < -0.3 is 9.67 Å². The molecule has 0 aliphatic carbocycles. The average Bonchev–Trinajstić information content (AvgIpc) is 2.87. The Labute approximate surface area is 131 Å². The number of rotatable bonds is 6. The highest BCUT2D eigenvalue weighted by Crippen LogP contribution is 2.22. The van der Waals surface area contributed by atoms with Crippen molar-refractivity contribution in [2.24, 2.45) is 13.0 Å². The fourth-order valence-electron chi connectivity index (χ4n) is 1.92. The van der Waals surface area contributed by atoms with Gasteiger partial charge in [-0.05, 0) is 18.2 Å². The van der Waals surface area contributed by atoms with E-state index in [0.717, 1.165) is 12.1 Å². The van der Waals surface area contributed by atoms with Crippen molar-refractivity contribution in [2.45, 2.75) is 18.7 Å². The number of carbonyl (C=O) groups excluding carboxylic acids is 1. The predicted octanol–water partition coefficient (Wildman–Crippen LogP) is 2.80. The SMILES string of the molecule is C[C@@H](CSc1ncc(CO)n1C)C(=O)c1ccc(F)c(F)c1. The zero-order chi connectivity index (χ0) is 16.3. The highest BCUT2D eigenvalue weighted by molar-refractivity contribution is 7.99. The number of thioether (sulfide) groups is 1. The minimum atomic E-state index is -1.03. The van der Waals surface area contributed by atoms with Crippen LogP contribution in [0, 0.1) is 17.6 Å². The minimum absolute atomic E-state index is 0.104. The van der Waals surface area contributed by atoms with Crippen LogP contribution in [0.5, 0.6) is 0 Å². The minimum Gasteiger partial charge on any atom is -0.390 e. The molecule has 0 aliphatic heterocycles. The van der Waals surface area contributed by atoms with Crippen LogP contribution < -0.4 is 0 Å². The highest BCUT2D eigenvalue weighted by atomic mass is 32.2. The molecule has 2 rings (SSSR count). The highest BCUT2D eigenvalue weighted by Gasteiger charge is 2.18. The van der Waals surface area contributed by atoms with Crippen LogP contribution in [0.25, 0.3) is 0 Å². The summed E-state index contributed by atoms with van der Waals surface area (Å²) in [4.78, 5) is 16.4. The topological polar surface area (TPSA) is 55.1 Å². The zero-order valence-electron chi connectivity index (χ0n) is 12.2. The van der Waals surface area contributed by atoms with Crippen LogP contribution in [0.15, 0.2) is 29.6 Å². The van der Waals surface area contributed by atoms with E-state index in [2.05, 4.69) is 4.98 Å². The molecule has 0 radical (unpaired) electrons. The van der Waals surface area contributed by atoms with Gasteiger partial charge in [-0.2, -0.15) is 0 Å². The Morgan fingerprint density at radius 1 is 1.41 bits per heavy atom. The van der Waals surface area contributed by atoms with Crippen LogP contribution in [0.4, 0.5) is 8.78 Å². The number of aromatic nitrogens is 2. The van der Waals surface area contributed by atoms with Gasteiger partial charge in [-0.3, -0.25) is 4.79 Å². The van der Waals surface area contributed by atoms with Crippen LogP contribution >= 0.6 is 11.8 Å². The zero-order valence-corrected chi connectivity index (χ0v) is 13.0. The molecule has 0 aliphatic rings. The predicted molar refractivity (Wildman–Crippen MR) is 79.7 cm³/mol. The molecule has 0 saturated carbocycles. The first-order valence-electron chi connectivity index (χ1n) is 6.67. The molecular formula is C15H16F2N2O2S. The van der Waals surface area contributed by atoms with Crippen LogP contribution in [0.1, 0.15) is 23.0 Å². The van der Waals surface area contributed by atoms with Crippen LogP contribution in [-0.4, -0.2) is 26.2 Å². The lowest BCUT2D eigenvalue weighted by Crippen LogP contribution is -2.14. The number of ketones is 1. The van der Waals surface area contributed by atoms with Gasteiger partial charge in [0.25, 0.3) is 0 Å². The molecule has 0 amide bonds. The summed E-state index contributed by atoms with van der Waals surface area (Å²) in [6.07, 6.45) is 1.57. The van der Waals surface area contributed by atoms with E-state index in [0.29, 0.717) is 16.6 Å². The lowest BCUT2D eigenvalue weighted by Gasteiger charge is -2.10. The van der Waals surface area contributed by atoms with Crippen molar-refractivity contribution in [1.29, 1.82) is 0 Å². The maximum Gasteiger partial charge on any atom is 0.167 e. The molecule has 0 saturated heterocycles. The molecule has 1 atom stereocenters. The van der Waals surface area contributed by atoms with Crippen molar-refractivity contribution in [3.8, 4) is 0 Å². The molecule has 1 N–H and O–H groups in total. The molecule has 1 aromatic carbocycles. The molecule has 0 unspecified atom stereocenters. The Kier molecular flexibility index (Phi) is 5.31. The van der Waals surface area contributed by atoms with Crippen LogP contribution in [0.2, 0.25) is 0 Å². The number of nitrogens with zero attached hydrogens (tertiary/aromatic N) is 2. The second kappa shape index (κ2) is 7.02. The number of benzene rings is 1. The third-order valence-corrected chi connectivity index (χ3v) is 4.62. The van der Waals surface area contributed by atoms with Gasteiger partial charge in [0.1, 0.15) is 0 Å². The normalized spacial score (nSPS) is 12.4. The van der Waals surface area contributed by atoms with E-state index >= 15 is 0 Å². The molecule has 1 heterocycles. The lowest BCUT2D eigenvalue weighted by molar-refractivity contribution is 0.0941. The third-order valence-electron chi connectivity index (χ3n) is 3.32. The first-order chi connectivity index (χ1) is 10.4. The number of hydrogen-bond donors (Lipinski definition) is 1. The van der Waals surface area contributed by atoms with E-state index in [-0.39, 0.29) is 23.9 Å². The number of halogens is 2. The van der Waals surface area contributed by atoms with Gasteiger partial charge in [-0.15, -0.1) is 0 Å². The van der Waals surface area contributed by atoms with Crippen molar-refractivity contribution in [3.05, 3.63) is 47.3 Å². The quantitative estimate of drug-likeness (QED) is 0.655. The standard InChI is InChI=1S/C15H16F2N2O2S/c1-9(8-22-15-18-6-11(7-20)19(15)2)14(21)10-3-4-12(16)13(17)5-10/h3-6,9,20H,7-8H2,1-2H3/t9-/m0/s1. The van der Waals surface area contributed by atoms with Crippen molar-refractivity contribution in [3.63, 3.8) is 0 Å². The van der Waals surface area contributed by atoms with Crippen molar-refractivity contribution in [2.75, 3.05) is 5.75 Å². The smallest absolute Gasteiger partial charge is 0.167 e. The summed E-state index contributed by atoms with van der Waals surface area (Å²) < 4.78 is 27.8. The Balaban J connectivity index is 2.02.